The number of hydrogen-bond acceptors (Lipinski definition) is 2. The van der Waals surface area contributed by atoms with Crippen LogP contribution in [0.3, 0.4) is 0 Å². The van der Waals surface area contributed by atoms with Gasteiger partial charge in [-0.05, 0) is 30.9 Å². The van der Waals surface area contributed by atoms with Gasteiger partial charge in [0.15, 0.2) is 0 Å². The molecular formula is C16H25N3O. The second-order valence-corrected chi connectivity index (χ2v) is 5.88. The highest BCUT2D eigenvalue weighted by atomic mass is 16.2. The summed E-state index contributed by atoms with van der Waals surface area (Å²) in [6.07, 6.45) is 4.79. The van der Waals surface area contributed by atoms with E-state index in [1.807, 2.05) is 43.3 Å². The lowest BCUT2D eigenvalue weighted by molar-refractivity contribution is 0.232. The Morgan fingerprint density at radius 3 is 2.60 bits per heavy atom. The van der Waals surface area contributed by atoms with Crippen molar-refractivity contribution in [1.29, 1.82) is 0 Å². The van der Waals surface area contributed by atoms with Crippen LogP contribution < -0.4 is 15.5 Å². The Hall–Kier alpha value is -1.71. The number of para-hydroxylation sites is 2. The number of hydrogen-bond donors (Lipinski definition) is 2. The van der Waals surface area contributed by atoms with Gasteiger partial charge in [-0.15, -0.1) is 0 Å². The molecule has 0 spiro atoms. The van der Waals surface area contributed by atoms with Crippen LogP contribution in [-0.2, 0) is 0 Å². The Kier molecular flexibility index (Phi) is 4.88. The summed E-state index contributed by atoms with van der Waals surface area (Å²) in [7, 11) is 3.95. The van der Waals surface area contributed by atoms with E-state index in [0.717, 1.165) is 17.8 Å². The number of nitrogens with one attached hydrogen (secondary N) is 2. The van der Waals surface area contributed by atoms with E-state index in [9.17, 15) is 4.79 Å². The zero-order chi connectivity index (χ0) is 14.5. The quantitative estimate of drug-likeness (QED) is 0.887. The number of carbonyl (C=O) groups is 1. The van der Waals surface area contributed by atoms with Gasteiger partial charge in [-0.2, -0.15) is 0 Å². The third kappa shape index (κ3) is 3.65. The van der Waals surface area contributed by atoms with Crippen LogP contribution in [0, 0.1) is 5.92 Å². The molecule has 0 bridgehead atoms. The summed E-state index contributed by atoms with van der Waals surface area (Å²) < 4.78 is 0. The first-order chi connectivity index (χ1) is 9.58. The van der Waals surface area contributed by atoms with E-state index in [-0.39, 0.29) is 6.03 Å². The van der Waals surface area contributed by atoms with Crippen LogP contribution >= 0.6 is 0 Å². The van der Waals surface area contributed by atoms with Gasteiger partial charge in [-0.25, -0.2) is 4.79 Å². The van der Waals surface area contributed by atoms with Crippen molar-refractivity contribution in [2.24, 2.45) is 5.92 Å². The van der Waals surface area contributed by atoms with Crippen LogP contribution in [0.4, 0.5) is 16.2 Å². The van der Waals surface area contributed by atoms with E-state index < -0.39 is 0 Å². The number of nitrogens with zero attached hydrogens (tertiary/aromatic N) is 1. The van der Waals surface area contributed by atoms with Crippen molar-refractivity contribution < 1.29 is 4.79 Å². The number of benzene rings is 1. The first-order valence-corrected chi connectivity index (χ1v) is 7.42. The minimum Gasteiger partial charge on any atom is -0.376 e. The number of carbonyl (C=O) groups excluding carboxylic acids is 1. The molecule has 1 aliphatic rings. The van der Waals surface area contributed by atoms with Crippen LogP contribution in [0.5, 0.6) is 0 Å². The first-order valence-electron chi connectivity index (χ1n) is 7.42. The van der Waals surface area contributed by atoms with Crippen molar-refractivity contribution in [3.8, 4) is 0 Å². The summed E-state index contributed by atoms with van der Waals surface area (Å²) in [5.41, 5.74) is 1.86. The van der Waals surface area contributed by atoms with E-state index in [1.165, 1.54) is 19.3 Å². The predicted octanol–water partition coefficient (Wildman–Crippen LogP) is 3.45. The Balaban J connectivity index is 1.97. The van der Waals surface area contributed by atoms with Crippen molar-refractivity contribution in [3.05, 3.63) is 24.3 Å². The molecule has 1 aromatic carbocycles. The van der Waals surface area contributed by atoms with Crippen molar-refractivity contribution in [1.82, 2.24) is 5.32 Å². The summed E-state index contributed by atoms with van der Waals surface area (Å²) in [5.74, 6) is 0.568. The smallest absolute Gasteiger partial charge is 0.319 e. The number of rotatable bonds is 3. The summed E-state index contributed by atoms with van der Waals surface area (Å²) >= 11 is 0. The van der Waals surface area contributed by atoms with Crippen molar-refractivity contribution in [2.45, 2.75) is 38.6 Å². The standard InChI is InChI=1S/C16H25N3O/c1-12-8-4-5-9-13(12)17-16(20)18-14-10-6-7-11-15(14)19(2)3/h6-7,10-13H,4-5,8-9H2,1-3H3,(H2,17,18,20). The van der Waals surface area contributed by atoms with Gasteiger partial charge in [0.25, 0.3) is 0 Å². The number of amides is 2. The maximum Gasteiger partial charge on any atom is 0.319 e. The lowest BCUT2D eigenvalue weighted by Crippen LogP contribution is -2.43. The third-order valence-corrected chi connectivity index (χ3v) is 4.06. The maximum atomic E-state index is 12.2. The Morgan fingerprint density at radius 2 is 1.90 bits per heavy atom. The van der Waals surface area contributed by atoms with Gasteiger partial charge in [0, 0.05) is 20.1 Å². The molecule has 0 aromatic heterocycles. The molecule has 4 heteroatoms. The van der Waals surface area contributed by atoms with Gasteiger partial charge in [-0.1, -0.05) is 31.9 Å². The zero-order valence-electron chi connectivity index (χ0n) is 12.6. The Morgan fingerprint density at radius 1 is 1.20 bits per heavy atom. The summed E-state index contributed by atoms with van der Waals surface area (Å²) in [4.78, 5) is 14.2. The van der Waals surface area contributed by atoms with Gasteiger partial charge in [0.2, 0.25) is 0 Å². The lowest BCUT2D eigenvalue weighted by atomic mass is 9.86. The average Bonchev–Trinajstić information content (AvgIpc) is 2.41. The predicted molar refractivity (Wildman–Crippen MR) is 84.3 cm³/mol. The van der Waals surface area contributed by atoms with E-state index in [4.69, 9.17) is 0 Å². The van der Waals surface area contributed by atoms with Crippen LogP contribution in [0.2, 0.25) is 0 Å². The molecule has 2 atom stereocenters. The number of urea groups is 1. The molecule has 2 N–H and O–H groups in total. The molecule has 4 nitrogen and oxygen atoms in total. The highest BCUT2D eigenvalue weighted by Gasteiger charge is 2.22. The van der Waals surface area contributed by atoms with Crippen LogP contribution in [-0.4, -0.2) is 26.2 Å². The molecular weight excluding hydrogens is 250 g/mol. The fraction of sp³-hybridized carbons (Fsp3) is 0.562. The topological polar surface area (TPSA) is 44.4 Å². The SMILES string of the molecule is CC1CCCCC1NC(=O)Nc1ccccc1N(C)C. The van der Waals surface area contributed by atoms with E-state index in [1.54, 1.807) is 0 Å². The normalized spacial score (nSPS) is 22.1. The highest BCUT2D eigenvalue weighted by Crippen LogP contribution is 2.25. The molecule has 0 saturated heterocycles. The molecule has 2 amide bonds. The molecule has 20 heavy (non-hydrogen) atoms. The van der Waals surface area contributed by atoms with Crippen molar-refractivity contribution in [2.75, 3.05) is 24.3 Å². The lowest BCUT2D eigenvalue weighted by Gasteiger charge is -2.29. The fourth-order valence-electron chi connectivity index (χ4n) is 2.83. The average molecular weight is 275 g/mol. The van der Waals surface area contributed by atoms with Crippen LogP contribution in [0.1, 0.15) is 32.6 Å². The maximum absolute atomic E-state index is 12.2. The van der Waals surface area contributed by atoms with E-state index in [2.05, 4.69) is 17.6 Å². The minimum absolute atomic E-state index is 0.0990. The molecule has 110 valence electrons. The molecule has 2 unspecified atom stereocenters. The summed E-state index contributed by atoms with van der Waals surface area (Å²) in [6.45, 7) is 2.22. The third-order valence-electron chi connectivity index (χ3n) is 4.06. The molecule has 2 rings (SSSR count). The Labute approximate surface area is 121 Å². The largest absolute Gasteiger partial charge is 0.376 e. The van der Waals surface area contributed by atoms with Gasteiger partial charge in [-0.3, -0.25) is 0 Å². The van der Waals surface area contributed by atoms with Crippen molar-refractivity contribution >= 4 is 17.4 Å². The minimum atomic E-state index is -0.0990. The molecule has 0 heterocycles. The fourth-order valence-corrected chi connectivity index (χ4v) is 2.83. The molecule has 0 radical (unpaired) electrons. The second kappa shape index (κ2) is 6.64. The first kappa shape index (κ1) is 14.7. The summed E-state index contributed by atoms with van der Waals surface area (Å²) in [5, 5.41) is 6.08. The van der Waals surface area contributed by atoms with Crippen LogP contribution in [0.25, 0.3) is 0 Å². The van der Waals surface area contributed by atoms with Gasteiger partial charge < -0.3 is 15.5 Å². The van der Waals surface area contributed by atoms with Gasteiger partial charge >= 0.3 is 6.03 Å². The van der Waals surface area contributed by atoms with Crippen LogP contribution in [0.15, 0.2) is 24.3 Å². The second-order valence-electron chi connectivity index (χ2n) is 5.88. The molecule has 1 aromatic rings. The Bertz CT molecular complexity index is 459. The number of anilines is 2. The zero-order valence-corrected chi connectivity index (χ0v) is 12.6. The highest BCUT2D eigenvalue weighted by molar-refractivity contribution is 5.93. The molecule has 1 saturated carbocycles. The molecule has 0 aliphatic heterocycles. The van der Waals surface area contributed by atoms with E-state index >= 15 is 0 Å². The monoisotopic (exact) mass is 275 g/mol. The van der Waals surface area contributed by atoms with E-state index in [0.29, 0.717) is 12.0 Å². The molecule has 1 aliphatic carbocycles. The summed E-state index contributed by atoms with van der Waals surface area (Å²) in [6, 6.07) is 8.04. The van der Waals surface area contributed by atoms with Gasteiger partial charge in [0.1, 0.15) is 0 Å². The van der Waals surface area contributed by atoms with Gasteiger partial charge in [0.05, 0.1) is 11.4 Å². The van der Waals surface area contributed by atoms with Crippen molar-refractivity contribution in [3.63, 3.8) is 0 Å². The molecule has 1 fully saturated rings.